The van der Waals surface area contributed by atoms with Crippen LogP contribution >= 0.6 is 23.2 Å². The van der Waals surface area contributed by atoms with Crippen molar-refractivity contribution in [2.75, 3.05) is 0 Å². The SMILES string of the molecule is Cc1nn(Cc2ccc(Cl)cc2)c(Cl)c1C=Nn1cnnc1. The van der Waals surface area contributed by atoms with Crippen molar-refractivity contribution in [1.82, 2.24) is 24.7 Å². The summed E-state index contributed by atoms with van der Waals surface area (Å²) in [5.74, 6) is 0. The van der Waals surface area contributed by atoms with Crippen molar-refractivity contribution in [3.63, 3.8) is 0 Å². The molecule has 6 nitrogen and oxygen atoms in total. The van der Waals surface area contributed by atoms with Crippen LogP contribution in [0, 0.1) is 6.92 Å². The lowest BCUT2D eigenvalue weighted by Crippen LogP contribution is -2.02. The van der Waals surface area contributed by atoms with Crippen LogP contribution in [0.3, 0.4) is 0 Å². The monoisotopic (exact) mass is 334 g/mol. The molecule has 0 amide bonds. The fourth-order valence-corrected chi connectivity index (χ4v) is 2.37. The molecule has 2 heterocycles. The van der Waals surface area contributed by atoms with Crippen LogP contribution in [0.2, 0.25) is 10.2 Å². The Hall–Kier alpha value is -2.18. The van der Waals surface area contributed by atoms with Gasteiger partial charge in [0.25, 0.3) is 0 Å². The first-order valence-electron chi connectivity index (χ1n) is 6.50. The van der Waals surface area contributed by atoms with Gasteiger partial charge in [-0.05, 0) is 24.6 Å². The molecule has 0 fully saturated rings. The molecule has 22 heavy (non-hydrogen) atoms. The van der Waals surface area contributed by atoms with Crippen LogP contribution in [-0.4, -0.2) is 30.9 Å². The maximum Gasteiger partial charge on any atom is 0.141 e. The number of benzene rings is 1. The van der Waals surface area contributed by atoms with Crippen molar-refractivity contribution in [2.45, 2.75) is 13.5 Å². The third kappa shape index (κ3) is 3.18. The molecule has 0 aliphatic carbocycles. The number of aryl methyl sites for hydroxylation is 1. The Morgan fingerprint density at radius 1 is 1.14 bits per heavy atom. The molecule has 0 unspecified atom stereocenters. The topological polar surface area (TPSA) is 60.9 Å². The number of hydrogen-bond acceptors (Lipinski definition) is 4. The standard InChI is InChI=1S/C14H12Cl2N6/c1-10-13(6-19-21-8-17-18-9-21)14(16)22(20-10)7-11-2-4-12(15)5-3-11/h2-6,8-9H,7H2,1H3. The summed E-state index contributed by atoms with van der Waals surface area (Å²) in [6.07, 6.45) is 4.64. The summed E-state index contributed by atoms with van der Waals surface area (Å²) in [6, 6.07) is 7.58. The van der Waals surface area contributed by atoms with Gasteiger partial charge in [-0.1, -0.05) is 35.3 Å². The number of rotatable bonds is 4. The van der Waals surface area contributed by atoms with E-state index in [0.717, 1.165) is 16.8 Å². The van der Waals surface area contributed by atoms with Crippen molar-refractivity contribution in [1.29, 1.82) is 0 Å². The van der Waals surface area contributed by atoms with E-state index in [0.29, 0.717) is 16.7 Å². The molecule has 0 bridgehead atoms. The van der Waals surface area contributed by atoms with E-state index in [1.165, 1.54) is 17.3 Å². The van der Waals surface area contributed by atoms with E-state index in [2.05, 4.69) is 20.4 Å². The predicted octanol–water partition coefficient (Wildman–Crippen LogP) is 3.02. The lowest BCUT2D eigenvalue weighted by atomic mass is 10.2. The van der Waals surface area contributed by atoms with Crippen molar-refractivity contribution in [3.05, 3.63) is 63.9 Å². The van der Waals surface area contributed by atoms with Crippen molar-refractivity contribution < 1.29 is 0 Å². The average molecular weight is 335 g/mol. The van der Waals surface area contributed by atoms with Crippen LogP contribution in [-0.2, 0) is 6.54 Å². The molecular formula is C14H12Cl2N6. The number of aromatic nitrogens is 5. The van der Waals surface area contributed by atoms with E-state index in [1.807, 2.05) is 31.2 Å². The Balaban J connectivity index is 1.85. The predicted molar refractivity (Wildman–Crippen MR) is 85.5 cm³/mol. The zero-order chi connectivity index (χ0) is 15.5. The molecule has 112 valence electrons. The van der Waals surface area contributed by atoms with E-state index >= 15 is 0 Å². The van der Waals surface area contributed by atoms with Crippen molar-refractivity contribution in [3.8, 4) is 0 Å². The van der Waals surface area contributed by atoms with E-state index in [9.17, 15) is 0 Å². The summed E-state index contributed by atoms with van der Waals surface area (Å²) in [5.41, 5.74) is 2.64. The molecule has 1 aromatic carbocycles. The molecule has 0 spiro atoms. The highest BCUT2D eigenvalue weighted by atomic mass is 35.5. The van der Waals surface area contributed by atoms with Crippen LogP contribution in [0.1, 0.15) is 16.8 Å². The Kier molecular flexibility index (Phi) is 4.22. The highest BCUT2D eigenvalue weighted by Crippen LogP contribution is 2.20. The molecule has 0 atom stereocenters. The van der Waals surface area contributed by atoms with Crippen molar-refractivity contribution in [2.24, 2.45) is 5.10 Å². The van der Waals surface area contributed by atoms with Crippen LogP contribution in [0.5, 0.6) is 0 Å². The van der Waals surface area contributed by atoms with E-state index in [-0.39, 0.29) is 0 Å². The Bertz CT molecular complexity index is 790. The smallest absolute Gasteiger partial charge is 0.141 e. The van der Waals surface area contributed by atoms with Gasteiger partial charge in [-0.3, -0.25) is 0 Å². The van der Waals surface area contributed by atoms with Crippen molar-refractivity contribution >= 4 is 29.4 Å². The number of halogens is 2. The minimum absolute atomic E-state index is 0.532. The second-order valence-electron chi connectivity index (χ2n) is 4.66. The molecule has 0 radical (unpaired) electrons. The van der Waals surface area contributed by atoms with E-state index in [1.54, 1.807) is 10.9 Å². The van der Waals surface area contributed by atoms with Crippen LogP contribution in [0.15, 0.2) is 42.0 Å². The molecular weight excluding hydrogens is 323 g/mol. The van der Waals surface area contributed by atoms with Crippen LogP contribution in [0.4, 0.5) is 0 Å². The average Bonchev–Trinajstić information content (AvgIpc) is 3.10. The highest BCUT2D eigenvalue weighted by molar-refractivity contribution is 6.32. The van der Waals surface area contributed by atoms with Crippen LogP contribution in [0.25, 0.3) is 0 Å². The first kappa shape index (κ1) is 14.7. The Labute approximate surface area is 137 Å². The first-order chi connectivity index (χ1) is 10.6. The van der Waals surface area contributed by atoms with Gasteiger partial charge in [0.2, 0.25) is 0 Å². The third-order valence-corrected chi connectivity index (χ3v) is 3.73. The molecule has 3 aromatic rings. The molecule has 2 aromatic heterocycles. The molecule has 8 heteroatoms. The number of nitrogens with zero attached hydrogens (tertiary/aromatic N) is 6. The summed E-state index contributed by atoms with van der Waals surface area (Å²) >= 11 is 12.3. The van der Waals surface area contributed by atoms with Gasteiger partial charge < -0.3 is 0 Å². The minimum Gasteiger partial charge on any atom is -0.249 e. The zero-order valence-corrected chi connectivity index (χ0v) is 13.2. The second-order valence-corrected chi connectivity index (χ2v) is 5.45. The van der Waals surface area contributed by atoms with E-state index in [4.69, 9.17) is 23.2 Å². The third-order valence-electron chi connectivity index (χ3n) is 3.08. The Morgan fingerprint density at radius 2 is 1.82 bits per heavy atom. The molecule has 3 rings (SSSR count). The second kappa shape index (κ2) is 6.29. The van der Waals surface area contributed by atoms with Gasteiger partial charge in [-0.15, -0.1) is 10.2 Å². The molecule has 0 N–H and O–H groups in total. The lowest BCUT2D eigenvalue weighted by molar-refractivity contribution is 0.680. The van der Waals surface area contributed by atoms with E-state index < -0.39 is 0 Å². The van der Waals surface area contributed by atoms with Gasteiger partial charge in [-0.25, -0.2) is 9.36 Å². The largest absolute Gasteiger partial charge is 0.249 e. The molecule has 0 aliphatic rings. The zero-order valence-electron chi connectivity index (χ0n) is 11.7. The normalized spacial score (nSPS) is 11.4. The first-order valence-corrected chi connectivity index (χ1v) is 7.25. The fraction of sp³-hybridized carbons (Fsp3) is 0.143. The van der Waals surface area contributed by atoms with Gasteiger partial charge in [-0.2, -0.15) is 10.2 Å². The summed E-state index contributed by atoms with van der Waals surface area (Å²) in [5, 5.41) is 17.2. The maximum absolute atomic E-state index is 6.39. The lowest BCUT2D eigenvalue weighted by Gasteiger charge is -2.03. The summed E-state index contributed by atoms with van der Waals surface area (Å²) in [4.78, 5) is 0. The summed E-state index contributed by atoms with van der Waals surface area (Å²) < 4.78 is 3.22. The van der Waals surface area contributed by atoms with Crippen LogP contribution < -0.4 is 0 Å². The maximum atomic E-state index is 6.39. The minimum atomic E-state index is 0.532. The molecule has 0 aliphatic heterocycles. The Morgan fingerprint density at radius 3 is 2.50 bits per heavy atom. The van der Waals surface area contributed by atoms with Gasteiger partial charge >= 0.3 is 0 Å². The molecule has 0 saturated carbocycles. The van der Waals surface area contributed by atoms with Gasteiger partial charge in [0, 0.05) is 5.02 Å². The summed E-state index contributed by atoms with van der Waals surface area (Å²) in [6.45, 7) is 2.45. The quantitative estimate of drug-likeness (QED) is 0.689. The highest BCUT2D eigenvalue weighted by Gasteiger charge is 2.12. The number of hydrogen-bond donors (Lipinski definition) is 0. The van der Waals surface area contributed by atoms with Gasteiger partial charge in [0.15, 0.2) is 0 Å². The van der Waals surface area contributed by atoms with Gasteiger partial charge in [0.1, 0.15) is 17.8 Å². The fourth-order valence-electron chi connectivity index (χ4n) is 1.96. The van der Waals surface area contributed by atoms with Gasteiger partial charge in [0.05, 0.1) is 24.0 Å². The summed E-state index contributed by atoms with van der Waals surface area (Å²) in [7, 11) is 0. The molecule has 0 saturated heterocycles.